The molecule has 0 aromatic carbocycles. The Morgan fingerprint density at radius 2 is 2.00 bits per heavy atom. The SMILES string of the molecule is N#C/C=C\C(=O)C(F)(F)F. The largest absolute Gasteiger partial charge is 0.454 e. The molecule has 54 valence electrons. The number of rotatable bonds is 1. The Morgan fingerprint density at radius 3 is 2.30 bits per heavy atom. The highest BCUT2D eigenvalue weighted by Gasteiger charge is 2.35. The Bertz CT molecular complexity index is 198. The molecule has 10 heavy (non-hydrogen) atoms. The van der Waals surface area contributed by atoms with Gasteiger partial charge in [0, 0.05) is 12.2 Å². The van der Waals surface area contributed by atoms with E-state index in [4.69, 9.17) is 5.26 Å². The van der Waals surface area contributed by atoms with Gasteiger partial charge in [-0.15, -0.1) is 0 Å². The average molecular weight is 149 g/mol. The van der Waals surface area contributed by atoms with E-state index in [0.717, 1.165) is 0 Å². The van der Waals surface area contributed by atoms with Gasteiger partial charge in [-0.3, -0.25) is 4.79 Å². The summed E-state index contributed by atoms with van der Waals surface area (Å²) in [6.07, 6.45) is -4.21. The van der Waals surface area contributed by atoms with E-state index in [1.807, 2.05) is 0 Å². The number of hydrogen-bond acceptors (Lipinski definition) is 2. The number of hydrogen-bond donors (Lipinski definition) is 0. The van der Waals surface area contributed by atoms with Crippen molar-refractivity contribution in [2.75, 3.05) is 0 Å². The van der Waals surface area contributed by atoms with Crippen molar-refractivity contribution >= 4 is 5.78 Å². The highest BCUT2D eigenvalue weighted by Crippen LogP contribution is 2.15. The summed E-state index contributed by atoms with van der Waals surface area (Å²) >= 11 is 0. The number of nitrogens with zero attached hydrogens (tertiary/aromatic N) is 1. The third-order valence-corrected chi connectivity index (χ3v) is 0.589. The van der Waals surface area contributed by atoms with Gasteiger partial charge in [-0.2, -0.15) is 18.4 Å². The average Bonchev–Trinajstić information content (AvgIpc) is 1.80. The summed E-state index contributed by atoms with van der Waals surface area (Å²) in [5.74, 6) is -2.02. The number of allylic oxidation sites excluding steroid dienone is 2. The van der Waals surface area contributed by atoms with E-state index in [2.05, 4.69) is 0 Å². The normalized spacial score (nSPS) is 11.4. The van der Waals surface area contributed by atoms with Crippen LogP contribution in [0.3, 0.4) is 0 Å². The monoisotopic (exact) mass is 149 g/mol. The number of alkyl halides is 3. The summed E-state index contributed by atoms with van der Waals surface area (Å²) in [7, 11) is 0. The van der Waals surface area contributed by atoms with E-state index in [1.165, 1.54) is 6.07 Å². The van der Waals surface area contributed by atoms with Crippen LogP contribution >= 0.6 is 0 Å². The maximum atomic E-state index is 11.3. The Morgan fingerprint density at radius 1 is 1.50 bits per heavy atom. The van der Waals surface area contributed by atoms with E-state index in [9.17, 15) is 18.0 Å². The first-order chi connectivity index (χ1) is 4.48. The molecule has 0 aromatic rings. The van der Waals surface area contributed by atoms with Crippen molar-refractivity contribution < 1.29 is 18.0 Å². The Balaban J connectivity index is 4.15. The number of halogens is 3. The standard InChI is InChI=1S/C5H2F3NO/c6-5(7,8)4(10)2-1-3-9/h1-2H/b2-1-. The minimum Gasteiger partial charge on any atom is -0.285 e. The fraction of sp³-hybridized carbons (Fsp3) is 0.200. The molecule has 0 saturated carbocycles. The Kier molecular flexibility index (Phi) is 2.62. The first-order valence-corrected chi connectivity index (χ1v) is 2.16. The van der Waals surface area contributed by atoms with Gasteiger partial charge in [0.1, 0.15) is 0 Å². The lowest BCUT2D eigenvalue weighted by Gasteiger charge is -1.97. The van der Waals surface area contributed by atoms with E-state index < -0.39 is 12.0 Å². The zero-order valence-corrected chi connectivity index (χ0v) is 4.64. The fourth-order valence-electron chi connectivity index (χ4n) is 0.207. The number of carbonyl (C=O) groups is 1. The zero-order valence-electron chi connectivity index (χ0n) is 4.64. The van der Waals surface area contributed by atoms with Crippen LogP contribution in [0.25, 0.3) is 0 Å². The molecule has 0 spiro atoms. The second-order valence-corrected chi connectivity index (χ2v) is 1.32. The molecule has 0 unspecified atom stereocenters. The minimum atomic E-state index is -4.87. The number of ketones is 1. The summed E-state index contributed by atoms with van der Waals surface area (Å²) in [5, 5.41) is 7.72. The lowest BCUT2D eigenvalue weighted by atomic mass is 10.3. The molecule has 0 amide bonds. The molecule has 0 aromatic heterocycles. The second-order valence-electron chi connectivity index (χ2n) is 1.32. The van der Waals surface area contributed by atoms with Gasteiger partial charge in [-0.1, -0.05) is 0 Å². The van der Waals surface area contributed by atoms with E-state index in [0.29, 0.717) is 6.08 Å². The van der Waals surface area contributed by atoms with Crippen LogP contribution in [-0.2, 0) is 4.79 Å². The predicted molar refractivity (Wildman–Crippen MR) is 25.8 cm³/mol. The Hall–Kier alpha value is -1.31. The van der Waals surface area contributed by atoms with Gasteiger partial charge in [0.15, 0.2) is 0 Å². The van der Waals surface area contributed by atoms with Crippen molar-refractivity contribution in [2.24, 2.45) is 0 Å². The molecule has 0 saturated heterocycles. The predicted octanol–water partition coefficient (Wildman–Crippen LogP) is 1.20. The molecule has 0 atom stereocenters. The molecule has 0 heterocycles. The third-order valence-electron chi connectivity index (χ3n) is 0.589. The van der Waals surface area contributed by atoms with Gasteiger partial charge in [-0.25, -0.2) is 0 Å². The smallest absolute Gasteiger partial charge is 0.285 e. The van der Waals surface area contributed by atoms with Crippen molar-refractivity contribution in [1.82, 2.24) is 0 Å². The van der Waals surface area contributed by atoms with Crippen molar-refractivity contribution in [2.45, 2.75) is 6.18 Å². The van der Waals surface area contributed by atoms with Gasteiger partial charge in [-0.05, 0) is 0 Å². The first kappa shape index (κ1) is 8.69. The molecule has 0 radical (unpaired) electrons. The molecule has 0 N–H and O–H groups in total. The molecule has 0 aliphatic carbocycles. The molecular formula is C5H2F3NO. The van der Waals surface area contributed by atoms with Crippen molar-refractivity contribution in [3.05, 3.63) is 12.2 Å². The molecule has 0 rings (SSSR count). The molecule has 0 aliphatic rings. The molecule has 0 aliphatic heterocycles. The summed E-state index contributed by atoms with van der Waals surface area (Å²) < 4.78 is 33.8. The van der Waals surface area contributed by atoms with Crippen molar-refractivity contribution in [3.63, 3.8) is 0 Å². The van der Waals surface area contributed by atoms with Gasteiger partial charge < -0.3 is 0 Å². The van der Waals surface area contributed by atoms with Crippen LogP contribution in [0.1, 0.15) is 0 Å². The van der Waals surface area contributed by atoms with E-state index in [-0.39, 0.29) is 6.08 Å². The van der Waals surface area contributed by atoms with Gasteiger partial charge >= 0.3 is 6.18 Å². The maximum absolute atomic E-state index is 11.3. The molecule has 0 fully saturated rings. The number of nitriles is 1. The van der Waals surface area contributed by atoms with Crippen LogP contribution in [0.15, 0.2) is 12.2 Å². The fourth-order valence-corrected chi connectivity index (χ4v) is 0.207. The summed E-state index contributed by atoms with van der Waals surface area (Å²) in [6, 6.07) is 1.27. The molecule has 5 heteroatoms. The Labute approximate surface area is 54.6 Å². The second kappa shape index (κ2) is 3.01. The molecular weight excluding hydrogens is 147 g/mol. The van der Waals surface area contributed by atoms with Gasteiger partial charge in [0.05, 0.1) is 6.07 Å². The van der Waals surface area contributed by atoms with Crippen LogP contribution in [0.5, 0.6) is 0 Å². The summed E-state index contributed by atoms with van der Waals surface area (Å²) in [5.41, 5.74) is 0. The maximum Gasteiger partial charge on any atom is 0.454 e. The highest BCUT2D eigenvalue weighted by atomic mass is 19.4. The van der Waals surface area contributed by atoms with Crippen LogP contribution in [0, 0.1) is 11.3 Å². The topological polar surface area (TPSA) is 40.9 Å². The van der Waals surface area contributed by atoms with Crippen molar-refractivity contribution in [1.29, 1.82) is 5.26 Å². The summed E-state index contributed by atoms with van der Waals surface area (Å²) in [6.45, 7) is 0. The van der Waals surface area contributed by atoms with Crippen molar-refractivity contribution in [3.8, 4) is 6.07 Å². The van der Waals surface area contributed by atoms with Gasteiger partial charge in [0.25, 0.3) is 5.78 Å². The van der Waals surface area contributed by atoms with Crippen LogP contribution in [-0.4, -0.2) is 12.0 Å². The van der Waals surface area contributed by atoms with Crippen LogP contribution in [0.4, 0.5) is 13.2 Å². The van der Waals surface area contributed by atoms with Crippen LogP contribution < -0.4 is 0 Å². The lowest BCUT2D eigenvalue weighted by Crippen LogP contribution is -2.19. The van der Waals surface area contributed by atoms with Crippen LogP contribution in [0.2, 0.25) is 0 Å². The summed E-state index contributed by atoms with van der Waals surface area (Å²) in [4.78, 5) is 9.86. The van der Waals surface area contributed by atoms with E-state index >= 15 is 0 Å². The third kappa shape index (κ3) is 2.87. The highest BCUT2D eigenvalue weighted by molar-refractivity contribution is 5.94. The molecule has 0 bridgehead atoms. The minimum absolute atomic E-state index is 0.181. The quantitative estimate of drug-likeness (QED) is 0.415. The van der Waals surface area contributed by atoms with Gasteiger partial charge in [0.2, 0.25) is 0 Å². The molecule has 2 nitrogen and oxygen atoms in total. The zero-order chi connectivity index (χ0) is 8.20. The van der Waals surface area contributed by atoms with E-state index in [1.54, 1.807) is 0 Å². The number of carbonyl (C=O) groups excluding carboxylic acids is 1. The first-order valence-electron chi connectivity index (χ1n) is 2.16. The lowest BCUT2D eigenvalue weighted by molar-refractivity contribution is -0.165.